The highest BCUT2D eigenvalue weighted by Gasteiger charge is 2.20. The van der Waals surface area contributed by atoms with E-state index in [4.69, 9.17) is 18.9 Å². The summed E-state index contributed by atoms with van der Waals surface area (Å²) in [6.07, 6.45) is 0. The molecule has 1 aromatic carbocycles. The van der Waals surface area contributed by atoms with Crippen LogP contribution in [0.3, 0.4) is 0 Å². The van der Waals surface area contributed by atoms with Crippen molar-refractivity contribution in [3.05, 3.63) is 17.7 Å². The van der Waals surface area contributed by atoms with Crippen LogP contribution in [0.4, 0.5) is 0 Å². The highest BCUT2D eigenvalue weighted by molar-refractivity contribution is 5.95. The molecule has 0 bridgehead atoms. The number of benzene rings is 1. The zero-order valence-corrected chi connectivity index (χ0v) is 14.6. The van der Waals surface area contributed by atoms with Gasteiger partial charge in [0.15, 0.2) is 18.1 Å². The number of carbonyl (C=O) groups is 3. The van der Waals surface area contributed by atoms with E-state index in [1.807, 2.05) is 0 Å². The third kappa shape index (κ3) is 5.87. The standard InChI is InChI=1S/C16H22N2O7/c1-5-17-14(19)8-18-15(20)9-25-16(21)10-6-12(23-3)13(24-4)7-11(10)22-2/h6-7H,5,8-9H2,1-4H3,(H,17,19)(H,18,20). The van der Waals surface area contributed by atoms with Gasteiger partial charge in [0.1, 0.15) is 11.3 Å². The lowest BCUT2D eigenvalue weighted by molar-refractivity contribution is -0.127. The van der Waals surface area contributed by atoms with Gasteiger partial charge in [-0.2, -0.15) is 0 Å². The Kier molecular flexibility index (Phi) is 8.04. The van der Waals surface area contributed by atoms with E-state index in [0.717, 1.165) is 0 Å². The number of rotatable bonds is 9. The van der Waals surface area contributed by atoms with Gasteiger partial charge in [0, 0.05) is 18.7 Å². The van der Waals surface area contributed by atoms with Crippen LogP contribution in [0.1, 0.15) is 17.3 Å². The number of hydrogen-bond donors (Lipinski definition) is 2. The smallest absolute Gasteiger partial charge is 0.342 e. The monoisotopic (exact) mass is 354 g/mol. The molecule has 0 atom stereocenters. The summed E-state index contributed by atoms with van der Waals surface area (Å²) < 4.78 is 20.3. The van der Waals surface area contributed by atoms with E-state index in [1.54, 1.807) is 6.92 Å². The zero-order valence-electron chi connectivity index (χ0n) is 14.6. The molecule has 0 aromatic heterocycles. The fraction of sp³-hybridized carbons (Fsp3) is 0.438. The first-order valence-corrected chi connectivity index (χ1v) is 7.47. The molecule has 0 aliphatic carbocycles. The number of carbonyl (C=O) groups excluding carboxylic acids is 3. The molecule has 9 nitrogen and oxygen atoms in total. The predicted molar refractivity (Wildman–Crippen MR) is 88.1 cm³/mol. The van der Waals surface area contributed by atoms with Crippen molar-refractivity contribution in [2.75, 3.05) is 41.0 Å². The molecule has 2 N–H and O–H groups in total. The lowest BCUT2D eigenvalue weighted by Gasteiger charge is -2.13. The first-order chi connectivity index (χ1) is 12.0. The van der Waals surface area contributed by atoms with Crippen LogP contribution in [-0.4, -0.2) is 58.8 Å². The number of likely N-dealkylation sites (N-methyl/N-ethyl adjacent to an activating group) is 1. The minimum Gasteiger partial charge on any atom is -0.496 e. The minimum absolute atomic E-state index is 0.0803. The van der Waals surface area contributed by atoms with Gasteiger partial charge in [0.25, 0.3) is 5.91 Å². The average Bonchev–Trinajstić information content (AvgIpc) is 2.63. The van der Waals surface area contributed by atoms with E-state index in [0.29, 0.717) is 18.0 Å². The molecule has 138 valence electrons. The van der Waals surface area contributed by atoms with Crippen LogP contribution in [0.15, 0.2) is 12.1 Å². The van der Waals surface area contributed by atoms with E-state index in [9.17, 15) is 14.4 Å². The number of esters is 1. The summed E-state index contributed by atoms with van der Waals surface area (Å²) in [5.74, 6) is -0.786. The Bertz CT molecular complexity index is 631. The highest BCUT2D eigenvalue weighted by atomic mass is 16.5. The molecule has 0 heterocycles. The molecule has 0 aliphatic rings. The third-order valence-corrected chi connectivity index (χ3v) is 3.08. The molecule has 0 fully saturated rings. The summed E-state index contributed by atoms with van der Waals surface area (Å²) in [6, 6.07) is 2.87. The topological polar surface area (TPSA) is 112 Å². The summed E-state index contributed by atoms with van der Waals surface area (Å²) >= 11 is 0. The van der Waals surface area contributed by atoms with E-state index in [2.05, 4.69) is 10.6 Å². The molecule has 0 aliphatic heterocycles. The van der Waals surface area contributed by atoms with Crippen LogP contribution >= 0.6 is 0 Å². The second-order valence-electron chi connectivity index (χ2n) is 4.71. The Morgan fingerprint density at radius 1 is 0.880 bits per heavy atom. The lowest BCUT2D eigenvalue weighted by atomic mass is 10.1. The largest absolute Gasteiger partial charge is 0.496 e. The van der Waals surface area contributed by atoms with Crippen LogP contribution in [0.5, 0.6) is 17.2 Å². The van der Waals surface area contributed by atoms with Crippen molar-refractivity contribution in [2.45, 2.75) is 6.92 Å². The Morgan fingerprint density at radius 2 is 1.48 bits per heavy atom. The number of ether oxygens (including phenoxy) is 4. The number of methoxy groups -OCH3 is 3. The molecule has 0 spiro atoms. The van der Waals surface area contributed by atoms with Crippen molar-refractivity contribution in [1.82, 2.24) is 10.6 Å². The van der Waals surface area contributed by atoms with Gasteiger partial charge in [-0.1, -0.05) is 0 Å². The van der Waals surface area contributed by atoms with Crippen molar-refractivity contribution in [1.29, 1.82) is 0 Å². The van der Waals surface area contributed by atoms with E-state index >= 15 is 0 Å². The van der Waals surface area contributed by atoms with Gasteiger partial charge in [0.2, 0.25) is 5.91 Å². The molecule has 9 heteroatoms. The van der Waals surface area contributed by atoms with Gasteiger partial charge in [-0.25, -0.2) is 4.79 Å². The number of nitrogens with one attached hydrogen (secondary N) is 2. The molecular weight excluding hydrogens is 332 g/mol. The van der Waals surface area contributed by atoms with E-state index in [1.165, 1.54) is 33.5 Å². The van der Waals surface area contributed by atoms with Crippen molar-refractivity contribution in [3.8, 4) is 17.2 Å². The molecule has 0 unspecified atom stereocenters. The molecule has 25 heavy (non-hydrogen) atoms. The normalized spacial score (nSPS) is 9.76. The fourth-order valence-electron chi connectivity index (χ4n) is 1.89. The number of amides is 2. The SMILES string of the molecule is CCNC(=O)CNC(=O)COC(=O)c1cc(OC)c(OC)cc1OC. The Balaban J connectivity index is 2.71. The summed E-state index contributed by atoms with van der Waals surface area (Å²) in [7, 11) is 4.26. The van der Waals surface area contributed by atoms with Gasteiger partial charge in [-0.3, -0.25) is 9.59 Å². The molecule has 0 saturated heterocycles. The van der Waals surface area contributed by atoms with Crippen molar-refractivity contribution >= 4 is 17.8 Å². The van der Waals surface area contributed by atoms with Gasteiger partial charge < -0.3 is 29.6 Å². The molecule has 0 saturated carbocycles. The first kappa shape index (κ1) is 20.1. The first-order valence-electron chi connectivity index (χ1n) is 7.47. The molecule has 0 radical (unpaired) electrons. The van der Waals surface area contributed by atoms with E-state index < -0.39 is 18.5 Å². The molecule has 2 amide bonds. The van der Waals surface area contributed by atoms with Gasteiger partial charge in [-0.05, 0) is 6.92 Å². The van der Waals surface area contributed by atoms with Crippen LogP contribution < -0.4 is 24.8 Å². The van der Waals surface area contributed by atoms with Gasteiger partial charge >= 0.3 is 5.97 Å². The van der Waals surface area contributed by atoms with Crippen LogP contribution in [0.2, 0.25) is 0 Å². The maximum absolute atomic E-state index is 12.2. The Morgan fingerprint density at radius 3 is 2.04 bits per heavy atom. The Labute approximate surface area is 145 Å². The predicted octanol–water partition coefficient (Wildman–Crippen LogP) is 0.122. The fourth-order valence-corrected chi connectivity index (χ4v) is 1.89. The zero-order chi connectivity index (χ0) is 18.8. The average molecular weight is 354 g/mol. The molecule has 1 rings (SSSR count). The Hall–Kier alpha value is -2.97. The van der Waals surface area contributed by atoms with Crippen molar-refractivity contribution < 1.29 is 33.3 Å². The van der Waals surface area contributed by atoms with E-state index in [-0.39, 0.29) is 23.8 Å². The molecular formula is C16H22N2O7. The summed E-state index contributed by atoms with van der Waals surface area (Å²) in [6.45, 7) is 1.50. The number of hydrogen-bond acceptors (Lipinski definition) is 7. The molecule has 1 aromatic rings. The summed E-state index contributed by atoms with van der Waals surface area (Å²) in [5.41, 5.74) is 0.0803. The minimum atomic E-state index is -0.772. The highest BCUT2D eigenvalue weighted by Crippen LogP contribution is 2.34. The van der Waals surface area contributed by atoms with Crippen LogP contribution in [0, 0.1) is 0 Å². The van der Waals surface area contributed by atoms with Gasteiger partial charge in [0.05, 0.1) is 27.9 Å². The lowest BCUT2D eigenvalue weighted by Crippen LogP contribution is -2.38. The third-order valence-electron chi connectivity index (χ3n) is 3.08. The maximum atomic E-state index is 12.2. The van der Waals surface area contributed by atoms with Crippen LogP contribution in [0.25, 0.3) is 0 Å². The summed E-state index contributed by atoms with van der Waals surface area (Å²) in [4.78, 5) is 35.0. The summed E-state index contributed by atoms with van der Waals surface area (Å²) in [5, 5.41) is 4.87. The van der Waals surface area contributed by atoms with Crippen molar-refractivity contribution in [3.63, 3.8) is 0 Å². The van der Waals surface area contributed by atoms with Gasteiger partial charge in [-0.15, -0.1) is 0 Å². The van der Waals surface area contributed by atoms with Crippen molar-refractivity contribution in [2.24, 2.45) is 0 Å². The quantitative estimate of drug-likeness (QED) is 0.606. The second-order valence-corrected chi connectivity index (χ2v) is 4.71. The maximum Gasteiger partial charge on any atom is 0.342 e. The second kappa shape index (κ2) is 10.0. The van der Waals surface area contributed by atoms with Crippen LogP contribution in [-0.2, 0) is 14.3 Å².